The number of nitrogens with two attached hydrogens (primary N) is 1. The van der Waals surface area contributed by atoms with Crippen LogP contribution in [-0.4, -0.2) is 45.0 Å². The number of carboxylic acids is 1. The number of aliphatic hydroxyl groups is 1. The minimum Gasteiger partial charge on any atom is -0.480 e. The van der Waals surface area contributed by atoms with Crippen molar-refractivity contribution >= 4 is 24.5 Å². The largest absolute Gasteiger partial charge is 0.480 e. The van der Waals surface area contributed by atoms with Gasteiger partial charge in [-0.25, -0.2) is 4.79 Å². The predicted octanol–water partition coefficient (Wildman–Crippen LogP) is -1.03. The molecular weight excluding hydrogens is 232 g/mol. The molecule has 7 heteroatoms. The van der Waals surface area contributed by atoms with E-state index in [1.807, 2.05) is 0 Å². The Morgan fingerprint density at radius 2 is 1.88 bits per heavy atom. The third-order valence-corrected chi connectivity index (χ3v) is 2.32. The first-order valence-electron chi connectivity index (χ1n) is 4.76. The molecule has 0 aromatic heterocycles. The van der Waals surface area contributed by atoms with Gasteiger partial charge in [0.25, 0.3) is 0 Å². The van der Waals surface area contributed by atoms with Crippen LogP contribution in [0.15, 0.2) is 0 Å². The summed E-state index contributed by atoms with van der Waals surface area (Å²) >= 11 is 4.09. The van der Waals surface area contributed by atoms with Gasteiger partial charge in [-0.15, -0.1) is 0 Å². The van der Waals surface area contributed by atoms with Crippen LogP contribution in [0.1, 0.15) is 20.8 Å². The SMILES string of the molecule is C[C@@H](O)[C@H](N)C(=O)N[C@@H](C(=O)O)C(C)(C)S. The Kier molecular flexibility index (Phi) is 5.24. The standard InChI is InChI=1S/C9H18N2O4S/c1-4(12)5(10)7(13)11-6(8(14)15)9(2,3)16/h4-6,12,16H,10H2,1-3H3,(H,11,13)(H,14,15)/t4-,5+,6+/m1/s1. The number of hydrogen-bond acceptors (Lipinski definition) is 5. The number of carboxylic acid groups (broad SMARTS) is 1. The molecule has 0 unspecified atom stereocenters. The Bertz CT molecular complexity index is 275. The molecule has 0 aliphatic rings. The highest BCUT2D eigenvalue weighted by Gasteiger charge is 2.35. The van der Waals surface area contributed by atoms with E-state index in [9.17, 15) is 9.59 Å². The van der Waals surface area contributed by atoms with Crippen molar-refractivity contribution in [3.8, 4) is 0 Å². The maximum absolute atomic E-state index is 11.5. The van der Waals surface area contributed by atoms with E-state index in [0.717, 1.165) is 0 Å². The van der Waals surface area contributed by atoms with E-state index in [2.05, 4.69) is 17.9 Å². The van der Waals surface area contributed by atoms with Gasteiger partial charge in [0.1, 0.15) is 12.1 Å². The average molecular weight is 250 g/mol. The zero-order chi connectivity index (χ0) is 13.1. The van der Waals surface area contributed by atoms with Gasteiger partial charge in [0.2, 0.25) is 5.91 Å². The molecule has 94 valence electrons. The molecule has 0 aliphatic carbocycles. The van der Waals surface area contributed by atoms with Crippen LogP contribution >= 0.6 is 12.6 Å². The molecule has 0 fully saturated rings. The molecule has 0 bridgehead atoms. The smallest absolute Gasteiger partial charge is 0.327 e. The molecule has 16 heavy (non-hydrogen) atoms. The molecule has 5 N–H and O–H groups in total. The lowest BCUT2D eigenvalue weighted by Crippen LogP contribution is -2.57. The Morgan fingerprint density at radius 1 is 1.44 bits per heavy atom. The Balaban J connectivity index is 4.67. The van der Waals surface area contributed by atoms with Gasteiger partial charge in [0.05, 0.1) is 6.10 Å². The third-order valence-electron chi connectivity index (χ3n) is 2.06. The van der Waals surface area contributed by atoms with Gasteiger partial charge >= 0.3 is 5.97 Å². The summed E-state index contributed by atoms with van der Waals surface area (Å²) in [7, 11) is 0. The van der Waals surface area contributed by atoms with Gasteiger partial charge in [-0.1, -0.05) is 0 Å². The third kappa shape index (κ3) is 4.38. The lowest BCUT2D eigenvalue weighted by atomic mass is 10.0. The Morgan fingerprint density at radius 3 is 2.12 bits per heavy atom. The van der Waals surface area contributed by atoms with Crippen LogP contribution in [0.3, 0.4) is 0 Å². The number of carbonyl (C=O) groups excluding carboxylic acids is 1. The molecule has 6 nitrogen and oxygen atoms in total. The summed E-state index contributed by atoms with van der Waals surface area (Å²) < 4.78 is -0.931. The lowest BCUT2D eigenvalue weighted by molar-refractivity contribution is -0.143. The van der Waals surface area contributed by atoms with E-state index in [-0.39, 0.29) is 0 Å². The summed E-state index contributed by atoms with van der Waals surface area (Å²) in [6.07, 6.45) is -1.04. The first kappa shape index (κ1) is 15.2. The Labute approximate surface area is 99.6 Å². The number of rotatable bonds is 5. The molecule has 3 atom stereocenters. The van der Waals surface area contributed by atoms with Crippen LogP contribution in [0.25, 0.3) is 0 Å². The summed E-state index contributed by atoms with van der Waals surface area (Å²) in [5.74, 6) is -1.92. The molecule has 0 heterocycles. The number of carbonyl (C=O) groups is 2. The van der Waals surface area contributed by atoms with Crippen LogP contribution in [-0.2, 0) is 9.59 Å². The van der Waals surface area contributed by atoms with Crippen LogP contribution in [0.5, 0.6) is 0 Å². The molecule has 0 spiro atoms. The molecule has 0 aromatic rings. The number of nitrogens with one attached hydrogen (secondary N) is 1. The highest BCUT2D eigenvalue weighted by atomic mass is 32.1. The van der Waals surface area contributed by atoms with Crippen molar-refractivity contribution < 1.29 is 19.8 Å². The van der Waals surface area contributed by atoms with Crippen molar-refractivity contribution in [2.75, 3.05) is 0 Å². The van der Waals surface area contributed by atoms with E-state index in [1.165, 1.54) is 6.92 Å². The molecule has 0 radical (unpaired) electrons. The maximum Gasteiger partial charge on any atom is 0.327 e. The van der Waals surface area contributed by atoms with Crippen molar-refractivity contribution in [2.45, 2.75) is 43.7 Å². The quantitative estimate of drug-likeness (QED) is 0.401. The minimum atomic E-state index is -1.20. The van der Waals surface area contributed by atoms with Crippen molar-refractivity contribution in [1.82, 2.24) is 5.32 Å². The molecule has 0 rings (SSSR count). The molecule has 0 saturated heterocycles. The Hall–Kier alpha value is -0.790. The predicted molar refractivity (Wildman–Crippen MR) is 62.3 cm³/mol. The lowest BCUT2D eigenvalue weighted by Gasteiger charge is -2.28. The van der Waals surface area contributed by atoms with Gasteiger partial charge in [-0.05, 0) is 20.8 Å². The maximum atomic E-state index is 11.5. The number of amides is 1. The highest BCUT2D eigenvalue weighted by molar-refractivity contribution is 7.81. The highest BCUT2D eigenvalue weighted by Crippen LogP contribution is 2.17. The summed E-state index contributed by atoms with van der Waals surface area (Å²) in [5, 5.41) is 20.2. The summed E-state index contributed by atoms with van der Waals surface area (Å²) in [4.78, 5) is 22.4. The van der Waals surface area contributed by atoms with Gasteiger partial charge < -0.3 is 21.3 Å². The van der Waals surface area contributed by atoms with Crippen molar-refractivity contribution in [3.05, 3.63) is 0 Å². The molecule has 1 amide bonds. The summed E-state index contributed by atoms with van der Waals surface area (Å²) in [6, 6.07) is -2.33. The first-order chi connectivity index (χ1) is 7.07. The van der Waals surface area contributed by atoms with Crippen molar-refractivity contribution in [1.29, 1.82) is 0 Å². The van der Waals surface area contributed by atoms with E-state index in [4.69, 9.17) is 15.9 Å². The van der Waals surface area contributed by atoms with Gasteiger partial charge in [-0.2, -0.15) is 12.6 Å². The van der Waals surface area contributed by atoms with Crippen LogP contribution in [0, 0.1) is 0 Å². The number of aliphatic carboxylic acids is 1. The van der Waals surface area contributed by atoms with Crippen LogP contribution < -0.4 is 11.1 Å². The monoisotopic (exact) mass is 250 g/mol. The fourth-order valence-corrected chi connectivity index (χ4v) is 1.17. The molecule has 0 aliphatic heterocycles. The second-order valence-electron chi connectivity index (χ2n) is 4.20. The van der Waals surface area contributed by atoms with E-state index in [1.54, 1.807) is 13.8 Å². The van der Waals surface area contributed by atoms with E-state index in [0.29, 0.717) is 0 Å². The topological polar surface area (TPSA) is 113 Å². The molecular formula is C9H18N2O4S. The minimum absolute atomic E-state index is 0.718. The fraction of sp³-hybridized carbons (Fsp3) is 0.778. The van der Waals surface area contributed by atoms with Gasteiger partial charge in [-0.3, -0.25) is 4.79 Å². The second kappa shape index (κ2) is 5.51. The zero-order valence-corrected chi connectivity index (χ0v) is 10.4. The van der Waals surface area contributed by atoms with E-state index >= 15 is 0 Å². The normalized spacial score (nSPS) is 17.4. The summed E-state index contributed by atoms with van der Waals surface area (Å²) in [5.41, 5.74) is 5.37. The average Bonchev–Trinajstić information content (AvgIpc) is 2.09. The van der Waals surface area contributed by atoms with E-state index < -0.39 is 34.8 Å². The van der Waals surface area contributed by atoms with Gasteiger partial charge in [0.15, 0.2) is 0 Å². The summed E-state index contributed by atoms with van der Waals surface area (Å²) in [6.45, 7) is 4.47. The molecule has 0 saturated carbocycles. The number of hydrogen-bond donors (Lipinski definition) is 5. The number of thiol groups is 1. The second-order valence-corrected chi connectivity index (χ2v) is 5.35. The number of aliphatic hydroxyl groups excluding tert-OH is 1. The zero-order valence-electron chi connectivity index (χ0n) is 9.47. The first-order valence-corrected chi connectivity index (χ1v) is 5.21. The molecule has 0 aromatic carbocycles. The van der Waals surface area contributed by atoms with Crippen molar-refractivity contribution in [3.63, 3.8) is 0 Å². The van der Waals surface area contributed by atoms with Gasteiger partial charge in [0, 0.05) is 4.75 Å². The fourth-order valence-electron chi connectivity index (χ4n) is 0.998. The van der Waals surface area contributed by atoms with Crippen LogP contribution in [0.2, 0.25) is 0 Å². The van der Waals surface area contributed by atoms with Crippen LogP contribution in [0.4, 0.5) is 0 Å². The van der Waals surface area contributed by atoms with Crippen molar-refractivity contribution in [2.24, 2.45) is 5.73 Å².